The summed E-state index contributed by atoms with van der Waals surface area (Å²) in [5.41, 5.74) is 2.92. The number of aromatic nitrogens is 3. The van der Waals surface area contributed by atoms with E-state index in [0.717, 1.165) is 16.8 Å². The second-order valence-corrected chi connectivity index (χ2v) is 5.18. The molecule has 1 amide bonds. The molecule has 2 aromatic heterocycles. The monoisotopic (exact) mass is 286 g/mol. The van der Waals surface area contributed by atoms with Crippen molar-refractivity contribution in [3.63, 3.8) is 0 Å². The average molecular weight is 286 g/mol. The van der Waals surface area contributed by atoms with Crippen LogP contribution in [0.1, 0.15) is 22.9 Å². The van der Waals surface area contributed by atoms with E-state index in [9.17, 15) is 4.79 Å². The molecule has 0 aromatic carbocycles. The van der Waals surface area contributed by atoms with Gasteiger partial charge in [-0.05, 0) is 24.1 Å². The highest BCUT2D eigenvalue weighted by Gasteiger charge is 2.30. The van der Waals surface area contributed by atoms with Gasteiger partial charge in [0.15, 0.2) is 0 Å². The van der Waals surface area contributed by atoms with E-state index in [2.05, 4.69) is 15.2 Å². The molecule has 1 aliphatic heterocycles. The highest BCUT2D eigenvalue weighted by atomic mass is 16.5. The third-order valence-corrected chi connectivity index (χ3v) is 3.73. The first-order chi connectivity index (χ1) is 10.3. The Labute approximate surface area is 123 Å². The summed E-state index contributed by atoms with van der Waals surface area (Å²) in [6.45, 7) is 3.66. The first kappa shape index (κ1) is 13.8. The van der Waals surface area contributed by atoms with Crippen molar-refractivity contribution in [2.75, 3.05) is 19.8 Å². The molecule has 1 atom stereocenters. The van der Waals surface area contributed by atoms with Gasteiger partial charge in [0.25, 0.3) is 0 Å². The number of aryl methyl sites for hydroxylation is 1. The second-order valence-electron chi connectivity index (χ2n) is 5.18. The highest BCUT2D eigenvalue weighted by Crippen LogP contribution is 2.25. The number of carbonyl (C=O) groups is 1. The number of hydrogen-bond donors (Lipinski definition) is 1. The summed E-state index contributed by atoms with van der Waals surface area (Å²) in [5, 5.41) is 7.03. The summed E-state index contributed by atoms with van der Waals surface area (Å²) in [4.78, 5) is 18.5. The molecular formula is C15H18N4O2. The van der Waals surface area contributed by atoms with Gasteiger partial charge in [-0.2, -0.15) is 5.10 Å². The molecular weight excluding hydrogens is 268 g/mol. The van der Waals surface area contributed by atoms with Gasteiger partial charge in [0, 0.05) is 18.9 Å². The first-order valence-electron chi connectivity index (χ1n) is 7.01. The molecule has 1 saturated heterocycles. The van der Waals surface area contributed by atoms with Crippen LogP contribution in [0.5, 0.6) is 0 Å². The van der Waals surface area contributed by atoms with Crippen molar-refractivity contribution in [1.82, 2.24) is 20.1 Å². The number of pyridine rings is 1. The van der Waals surface area contributed by atoms with Crippen LogP contribution in [0, 0.1) is 6.92 Å². The fourth-order valence-electron chi connectivity index (χ4n) is 2.61. The van der Waals surface area contributed by atoms with Crippen molar-refractivity contribution >= 4 is 5.91 Å². The topological polar surface area (TPSA) is 71.1 Å². The Bertz CT molecular complexity index is 611. The van der Waals surface area contributed by atoms with Gasteiger partial charge < -0.3 is 9.64 Å². The fourth-order valence-corrected chi connectivity index (χ4v) is 2.61. The number of nitrogens with one attached hydrogen (secondary N) is 1. The lowest BCUT2D eigenvalue weighted by atomic mass is 10.1. The van der Waals surface area contributed by atoms with Crippen molar-refractivity contribution in [1.29, 1.82) is 0 Å². The van der Waals surface area contributed by atoms with Gasteiger partial charge in [0.05, 0.1) is 37.6 Å². The van der Waals surface area contributed by atoms with Crippen LogP contribution in [-0.4, -0.2) is 45.7 Å². The Balaban J connectivity index is 1.78. The number of aromatic amines is 1. The Hall–Kier alpha value is -2.21. The van der Waals surface area contributed by atoms with E-state index >= 15 is 0 Å². The molecule has 0 aliphatic carbocycles. The number of H-pyrrole nitrogens is 1. The van der Waals surface area contributed by atoms with E-state index in [0.29, 0.717) is 26.2 Å². The molecule has 0 radical (unpaired) electrons. The molecule has 3 heterocycles. The van der Waals surface area contributed by atoms with E-state index in [-0.39, 0.29) is 11.9 Å². The van der Waals surface area contributed by atoms with Crippen LogP contribution >= 0.6 is 0 Å². The molecule has 1 fully saturated rings. The van der Waals surface area contributed by atoms with E-state index < -0.39 is 0 Å². The SMILES string of the molecule is Cc1cn[nH]c1C1COCCN1C(=O)Cc1cccnc1. The molecule has 2 aromatic rings. The minimum absolute atomic E-state index is 0.0882. The van der Waals surface area contributed by atoms with Gasteiger partial charge >= 0.3 is 0 Å². The van der Waals surface area contributed by atoms with Crippen molar-refractivity contribution in [3.8, 4) is 0 Å². The van der Waals surface area contributed by atoms with Crippen molar-refractivity contribution in [2.24, 2.45) is 0 Å². The van der Waals surface area contributed by atoms with Crippen LogP contribution in [0.25, 0.3) is 0 Å². The zero-order valence-corrected chi connectivity index (χ0v) is 12.0. The third kappa shape index (κ3) is 2.95. The van der Waals surface area contributed by atoms with Crippen molar-refractivity contribution < 1.29 is 9.53 Å². The molecule has 6 heteroatoms. The standard InChI is InChI=1S/C15H18N4O2/c1-11-8-17-18-15(11)13-10-21-6-5-19(13)14(20)7-12-3-2-4-16-9-12/h2-4,8-9,13H,5-7,10H2,1H3,(H,17,18). The number of morpholine rings is 1. The van der Waals surface area contributed by atoms with Gasteiger partial charge in [-0.3, -0.25) is 14.9 Å². The van der Waals surface area contributed by atoms with Crippen molar-refractivity contribution in [2.45, 2.75) is 19.4 Å². The van der Waals surface area contributed by atoms with Crippen LogP contribution in [0.4, 0.5) is 0 Å². The molecule has 1 N–H and O–H groups in total. The zero-order chi connectivity index (χ0) is 14.7. The Morgan fingerprint density at radius 3 is 3.14 bits per heavy atom. The fraction of sp³-hybridized carbons (Fsp3) is 0.400. The maximum atomic E-state index is 12.6. The number of amides is 1. The number of rotatable bonds is 3. The van der Waals surface area contributed by atoms with Crippen molar-refractivity contribution in [3.05, 3.63) is 47.5 Å². The smallest absolute Gasteiger partial charge is 0.227 e. The summed E-state index contributed by atoms with van der Waals surface area (Å²) >= 11 is 0. The molecule has 110 valence electrons. The predicted molar refractivity (Wildman–Crippen MR) is 76.5 cm³/mol. The van der Waals surface area contributed by atoms with Gasteiger partial charge in [-0.1, -0.05) is 6.07 Å². The van der Waals surface area contributed by atoms with Crippen LogP contribution in [0.3, 0.4) is 0 Å². The van der Waals surface area contributed by atoms with Gasteiger partial charge in [-0.15, -0.1) is 0 Å². The minimum atomic E-state index is -0.0922. The number of carbonyl (C=O) groups excluding carboxylic acids is 1. The minimum Gasteiger partial charge on any atom is -0.377 e. The van der Waals surface area contributed by atoms with Gasteiger partial charge in [-0.25, -0.2) is 0 Å². The van der Waals surface area contributed by atoms with Crippen LogP contribution in [0.15, 0.2) is 30.7 Å². The molecule has 0 spiro atoms. The van der Waals surface area contributed by atoms with Crippen LogP contribution < -0.4 is 0 Å². The summed E-state index contributed by atoms with van der Waals surface area (Å²) in [6.07, 6.45) is 5.57. The first-order valence-corrected chi connectivity index (χ1v) is 7.01. The molecule has 3 rings (SSSR count). The molecule has 0 saturated carbocycles. The normalized spacial score (nSPS) is 18.7. The summed E-state index contributed by atoms with van der Waals surface area (Å²) < 4.78 is 5.54. The van der Waals surface area contributed by atoms with E-state index in [1.54, 1.807) is 18.6 Å². The Morgan fingerprint density at radius 2 is 2.43 bits per heavy atom. The third-order valence-electron chi connectivity index (χ3n) is 3.73. The molecule has 21 heavy (non-hydrogen) atoms. The lowest BCUT2D eigenvalue weighted by Gasteiger charge is -2.35. The Morgan fingerprint density at radius 1 is 1.52 bits per heavy atom. The maximum absolute atomic E-state index is 12.6. The van der Waals surface area contributed by atoms with Crippen LogP contribution in [0.2, 0.25) is 0 Å². The lowest BCUT2D eigenvalue weighted by molar-refractivity contribution is -0.139. The quantitative estimate of drug-likeness (QED) is 0.922. The van der Waals surface area contributed by atoms with E-state index in [4.69, 9.17) is 4.74 Å². The van der Waals surface area contributed by atoms with Crippen LogP contribution in [-0.2, 0) is 16.0 Å². The van der Waals surface area contributed by atoms with Gasteiger partial charge in [0.1, 0.15) is 0 Å². The number of hydrogen-bond acceptors (Lipinski definition) is 4. The molecule has 6 nitrogen and oxygen atoms in total. The maximum Gasteiger partial charge on any atom is 0.227 e. The lowest BCUT2D eigenvalue weighted by Crippen LogP contribution is -2.44. The second kappa shape index (κ2) is 6.05. The zero-order valence-electron chi connectivity index (χ0n) is 12.0. The van der Waals surface area contributed by atoms with Gasteiger partial charge in [0.2, 0.25) is 5.91 Å². The average Bonchev–Trinajstić information content (AvgIpc) is 2.94. The Kier molecular flexibility index (Phi) is 3.96. The highest BCUT2D eigenvalue weighted by molar-refractivity contribution is 5.79. The predicted octanol–water partition coefficient (Wildman–Crippen LogP) is 1.26. The summed E-state index contributed by atoms with van der Waals surface area (Å²) in [6, 6.07) is 3.67. The molecule has 0 bridgehead atoms. The number of ether oxygens (including phenoxy) is 1. The number of nitrogens with zero attached hydrogens (tertiary/aromatic N) is 3. The van der Waals surface area contributed by atoms with E-state index in [1.165, 1.54) is 0 Å². The summed E-state index contributed by atoms with van der Waals surface area (Å²) in [7, 11) is 0. The summed E-state index contributed by atoms with van der Waals surface area (Å²) in [5.74, 6) is 0.0882. The van der Waals surface area contributed by atoms with E-state index in [1.807, 2.05) is 24.0 Å². The largest absolute Gasteiger partial charge is 0.377 e. The molecule has 1 aliphatic rings. The molecule has 1 unspecified atom stereocenters.